The first-order valence-corrected chi connectivity index (χ1v) is 16.3. The monoisotopic (exact) mass is 602 g/mol. The fourth-order valence-corrected chi connectivity index (χ4v) is 5.32. The lowest BCUT2D eigenvalue weighted by Gasteiger charge is -2.30. The minimum atomic E-state index is -3.80. The Morgan fingerprint density at radius 2 is 1.60 bits per heavy atom. The van der Waals surface area contributed by atoms with Gasteiger partial charge in [-0.15, -0.1) is 0 Å². The summed E-state index contributed by atoms with van der Waals surface area (Å²) in [7, 11) is -2.30. The molecular formula is C33H50N2O6S. The zero-order chi connectivity index (χ0) is 31.6. The summed E-state index contributed by atoms with van der Waals surface area (Å²) >= 11 is 0. The molecule has 0 bridgehead atoms. The van der Waals surface area contributed by atoms with Crippen LogP contribution in [0, 0.1) is 0 Å². The Morgan fingerprint density at radius 3 is 2.19 bits per heavy atom. The summed E-state index contributed by atoms with van der Waals surface area (Å²) in [6, 6.07) is 11.0. The molecule has 0 saturated heterocycles. The molecule has 2 rings (SSSR count). The van der Waals surface area contributed by atoms with Crippen molar-refractivity contribution in [2.45, 2.75) is 96.8 Å². The average Bonchev–Trinajstić information content (AvgIpc) is 2.96. The van der Waals surface area contributed by atoms with Crippen molar-refractivity contribution >= 4 is 21.7 Å². The Labute approximate surface area is 253 Å². The minimum Gasteiger partial charge on any atom is -0.495 e. The van der Waals surface area contributed by atoms with E-state index in [-0.39, 0.29) is 28.9 Å². The van der Waals surface area contributed by atoms with E-state index >= 15 is 0 Å². The molecule has 2 aromatic rings. The number of esters is 1. The van der Waals surface area contributed by atoms with Gasteiger partial charge >= 0.3 is 5.97 Å². The summed E-state index contributed by atoms with van der Waals surface area (Å²) in [6.07, 6.45) is 4.36. The number of hydrogen-bond donors (Lipinski definition) is 2. The highest BCUT2D eigenvalue weighted by atomic mass is 32.2. The molecule has 234 valence electrons. The molecule has 0 unspecified atom stereocenters. The highest BCUT2D eigenvalue weighted by Gasteiger charge is 2.26. The van der Waals surface area contributed by atoms with E-state index in [2.05, 4.69) is 69.8 Å². The van der Waals surface area contributed by atoms with Crippen LogP contribution in [-0.2, 0) is 30.4 Å². The van der Waals surface area contributed by atoms with Crippen LogP contribution in [0.3, 0.4) is 0 Å². The highest BCUT2D eigenvalue weighted by Crippen LogP contribution is 2.38. The van der Waals surface area contributed by atoms with E-state index in [1.165, 1.54) is 36.4 Å². The predicted octanol–water partition coefficient (Wildman–Crippen LogP) is 7.09. The number of hydrogen-bond acceptors (Lipinski definition) is 7. The van der Waals surface area contributed by atoms with E-state index in [9.17, 15) is 13.2 Å². The van der Waals surface area contributed by atoms with Gasteiger partial charge in [-0.3, -0.25) is 0 Å². The molecule has 42 heavy (non-hydrogen) atoms. The normalized spacial score (nSPS) is 12.6. The lowest BCUT2D eigenvalue weighted by atomic mass is 9.76. The average molecular weight is 603 g/mol. The van der Waals surface area contributed by atoms with Crippen LogP contribution in [0.4, 0.5) is 5.69 Å². The number of carbonyl (C=O) groups is 1. The van der Waals surface area contributed by atoms with Crippen LogP contribution in [0.5, 0.6) is 11.5 Å². The number of anilines is 1. The molecule has 0 spiro atoms. The number of methoxy groups -OCH3 is 1. The van der Waals surface area contributed by atoms with Crippen molar-refractivity contribution in [3.8, 4) is 11.5 Å². The zero-order valence-electron chi connectivity index (χ0n) is 26.8. The van der Waals surface area contributed by atoms with E-state index in [1.807, 2.05) is 6.92 Å². The molecule has 0 atom stereocenters. The summed E-state index contributed by atoms with van der Waals surface area (Å²) in [5.74, 6) is 0.818. The third kappa shape index (κ3) is 9.49. The third-order valence-corrected chi connectivity index (χ3v) is 9.32. The van der Waals surface area contributed by atoms with Gasteiger partial charge in [0.05, 0.1) is 30.9 Å². The second kappa shape index (κ2) is 15.4. The number of rotatable bonds is 17. The van der Waals surface area contributed by atoms with Crippen molar-refractivity contribution in [1.29, 1.82) is 0 Å². The highest BCUT2D eigenvalue weighted by molar-refractivity contribution is 7.89. The summed E-state index contributed by atoms with van der Waals surface area (Å²) in [5.41, 5.74) is 3.48. The first-order valence-electron chi connectivity index (χ1n) is 14.8. The molecular weight excluding hydrogens is 552 g/mol. The summed E-state index contributed by atoms with van der Waals surface area (Å²) in [6.45, 7) is 17.8. The van der Waals surface area contributed by atoms with Gasteiger partial charge in [-0.1, -0.05) is 60.6 Å². The second-order valence-corrected chi connectivity index (χ2v) is 13.3. The number of sulfonamides is 1. The molecule has 0 fully saturated rings. The Hall–Kier alpha value is -3.04. The number of allylic oxidation sites excluding steroid dienone is 1. The maximum atomic E-state index is 13.1. The van der Waals surface area contributed by atoms with E-state index in [1.54, 1.807) is 13.0 Å². The van der Waals surface area contributed by atoms with Crippen LogP contribution in [0.25, 0.3) is 0 Å². The number of nitrogens with one attached hydrogen (secondary N) is 2. The van der Waals surface area contributed by atoms with E-state index in [0.717, 1.165) is 18.6 Å². The van der Waals surface area contributed by atoms with Crippen LogP contribution in [0.1, 0.15) is 92.2 Å². The molecule has 0 heterocycles. The molecule has 9 heteroatoms. The van der Waals surface area contributed by atoms with E-state index in [4.69, 9.17) is 14.2 Å². The van der Waals surface area contributed by atoms with Gasteiger partial charge in [-0.05, 0) is 73.3 Å². The van der Waals surface area contributed by atoms with E-state index < -0.39 is 16.0 Å². The van der Waals surface area contributed by atoms with Crippen molar-refractivity contribution < 1.29 is 27.4 Å². The van der Waals surface area contributed by atoms with Crippen LogP contribution in [0.2, 0.25) is 0 Å². The van der Waals surface area contributed by atoms with Crippen LogP contribution >= 0.6 is 0 Å². The molecule has 0 saturated carbocycles. The first-order chi connectivity index (χ1) is 19.7. The van der Waals surface area contributed by atoms with Crippen molar-refractivity contribution in [1.82, 2.24) is 4.72 Å². The molecule has 8 nitrogen and oxygen atoms in total. The lowest BCUT2D eigenvalue weighted by molar-refractivity contribution is -0.137. The van der Waals surface area contributed by atoms with Gasteiger partial charge in [-0.25, -0.2) is 17.9 Å². The molecule has 2 N–H and O–H groups in total. The van der Waals surface area contributed by atoms with Gasteiger partial charge in [0.2, 0.25) is 10.0 Å². The fourth-order valence-electron chi connectivity index (χ4n) is 4.22. The molecule has 0 aromatic heterocycles. The third-order valence-electron chi connectivity index (χ3n) is 7.86. The van der Waals surface area contributed by atoms with Crippen molar-refractivity contribution in [3.05, 3.63) is 59.3 Å². The van der Waals surface area contributed by atoms with Gasteiger partial charge in [0, 0.05) is 23.9 Å². The smallest absolute Gasteiger partial charge is 0.332 e. The topological polar surface area (TPSA) is 103 Å². The minimum absolute atomic E-state index is 0.0555. The zero-order valence-corrected chi connectivity index (χ0v) is 27.7. The molecule has 0 radical (unpaired) electrons. The van der Waals surface area contributed by atoms with E-state index in [0.29, 0.717) is 36.6 Å². The number of benzene rings is 2. The van der Waals surface area contributed by atoms with Crippen LogP contribution in [0.15, 0.2) is 53.1 Å². The first kappa shape index (κ1) is 35.2. The Kier molecular flexibility index (Phi) is 12.9. The van der Waals surface area contributed by atoms with Gasteiger partial charge in [0.25, 0.3) is 0 Å². The number of carbonyl (C=O) groups excluding carboxylic acids is 1. The Balaban J connectivity index is 2.12. The molecule has 0 aliphatic heterocycles. The van der Waals surface area contributed by atoms with Crippen molar-refractivity contribution in [3.63, 3.8) is 0 Å². The second-order valence-electron chi connectivity index (χ2n) is 11.5. The van der Waals surface area contributed by atoms with Crippen molar-refractivity contribution in [2.24, 2.45) is 0 Å². The molecule has 0 aliphatic rings. The SMILES string of the molecule is CCOC(=O)C=C(CC)Nc1cc(S(=O)(=O)NCCCOc2ccc(C(C)(C)CC)cc2C(C)(C)CC)ccc1OC. The lowest BCUT2D eigenvalue weighted by Crippen LogP contribution is -2.26. The Morgan fingerprint density at radius 1 is 0.929 bits per heavy atom. The van der Waals surface area contributed by atoms with Gasteiger partial charge in [0.1, 0.15) is 11.5 Å². The largest absolute Gasteiger partial charge is 0.495 e. The summed E-state index contributed by atoms with van der Waals surface area (Å²) in [5, 5.41) is 3.11. The summed E-state index contributed by atoms with van der Waals surface area (Å²) in [4.78, 5) is 12.0. The Bertz CT molecular complexity index is 1330. The van der Waals surface area contributed by atoms with Gasteiger partial charge in [0.15, 0.2) is 0 Å². The standard InChI is InChI=1S/C33H50N2O6S/c1-10-25(22-31(36)40-13-4)35-28-23-26(16-18-30(28)39-9)42(37,38)34-19-14-20-41-29-17-15-24(32(5,6)11-2)21-27(29)33(7,8)12-3/h15-18,21-23,34-35H,10-14,19-20H2,1-9H3. The fraction of sp³-hybridized carbons (Fsp3) is 0.545. The molecule has 0 aliphatic carbocycles. The molecule has 0 amide bonds. The van der Waals surface area contributed by atoms with Crippen molar-refractivity contribution in [2.75, 3.05) is 32.2 Å². The molecule has 2 aromatic carbocycles. The van der Waals surface area contributed by atoms with Gasteiger partial charge in [-0.2, -0.15) is 0 Å². The quantitative estimate of drug-likeness (QED) is 0.113. The van der Waals surface area contributed by atoms with Crippen LogP contribution in [-0.4, -0.2) is 41.3 Å². The van der Waals surface area contributed by atoms with Gasteiger partial charge < -0.3 is 19.5 Å². The number of ether oxygens (including phenoxy) is 3. The maximum Gasteiger partial charge on any atom is 0.332 e. The maximum absolute atomic E-state index is 13.1. The van der Waals surface area contributed by atoms with Crippen LogP contribution < -0.4 is 19.5 Å². The summed E-state index contributed by atoms with van der Waals surface area (Å²) < 4.78 is 45.5. The predicted molar refractivity (Wildman–Crippen MR) is 170 cm³/mol.